The molecule has 10 heteroatoms. The van der Waals surface area contributed by atoms with Crippen LogP contribution in [0, 0.1) is 0 Å². The van der Waals surface area contributed by atoms with Crippen LogP contribution in [0.25, 0.3) is 11.0 Å². The van der Waals surface area contributed by atoms with Gasteiger partial charge in [-0.1, -0.05) is 23.7 Å². The van der Waals surface area contributed by atoms with Crippen LogP contribution in [0.2, 0.25) is 5.02 Å². The number of nitrogens with one attached hydrogen (secondary N) is 1. The average Bonchev–Trinajstić information content (AvgIpc) is 2.97. The molecular weight excluding hydrogens is 414 g/mol. The number of nitrogens with zero attached hydrogens (tertiary/aromatic N) is 2. The Hall–Kier alpha value is -3.46. The number of hydrogen-bond donors (Lipinski definition) is 1. The molecule has 1 aromatic heterocycles. The number of esters is 1. The van der Waals surface area contributed by atoms with Gasteiger partial charge in [0.15, 0.2) is 6.61 Å². The minimum atomic E-state index is -0.719. The number of aryl methyl sites for hydroxylation is 1. The summed E-state index contributed by atoms with van der Waals surface area (Å²) in [6.45, 7) is -0.851. The Morgan fingerprint density at radius 3 is 2.40 bits per heavy atom. The minimum absolute atomic E-state index is 0.279. The second-order valence-electron chi connectivity index (χ2n) is 6.31. The van der Waals surface area contributed by atoms with Crippen molar-refractivity contribution in [1.29, 1.82) is 0 Å². The first kappa shape index (κ1) is 21.3. The van der Waals surface area contributed by atoms with Gasteiger partial charge in [0.1, 0.15) is 18.0 Å². The van der Waals surface area contributed by atoms with Gasteiger partial charge in [-0.3, -0.25) is 18.7 Å². The van der Waals surface area contributed by atoms with Crippen LogP contribution in [0.4, 0.5) is 5.69 Å². The predicted molar refractivity (Wildman–Crippen MR) is 111 cm³/mol. The number of anilines is 1. The van der Waals surface area contributed by atoms with Gasteiger partial charge in [-0.2, -0.15) is 0 Å². The predicted octanol–water partition coefficient (Wildman–Crippen LogP) is 2.19. The van der Waals surface area contributed by atoms with Gasteiger partial charge in [0, 0.05) is 13.1 Å². The van der Waals surface area contributed by atoms with Crippen molar-refractivity contribution in [3.63, 3.8) is 0 Å². The molecule has 3 rings (SSSR count). The molecule has 158 valence electrons. The van der Waals surface area contributed by atoms with Crippen molar-refractivity contribution in [2.75, 3.05) is 26.1 Å². The number of amides is 1. The third kappa shape index (κ3) is 4.25. The van der Waals surface area contributed by atoms with E-state index < -0.39 is 18.5 Å². The lowest BCUT2D eigenvalue weighted by molar-refractivity contribution is -0.147. The number of fused-ring (bicyclic) bond motifs is 1. The highest BCUT2D eigenvalue weighted by Crippen LogP contribution is 2.35. The van der Waals surface area contributed by atoms with E-state index in [4.69, 9.17) is 25.8 Å². The molecule has 0 saturated heterocycles. The van der Waals surface area contributed by atoms with E-state index in [1.807, 2.05) is 0 Å². The van der Waals surface area contributed by atoms with Crippen LogP contribution < -0.4 is 20.5 Å². The molecule has 0 radical (unpaired) electrons. The van der Waals surface area contributed by atoms with Crippen molar-refractivity contribution in [2.24, 2.45) is 7.05 Å². The highest BCUT2D eigenvalue weighted by atomic mass is 35.5. The summed E-state index contributed by atoms with van der Waals surface area (Å²) >= 11 is 6.07. The Bertz CT molecular complexity index is 1170. The van der Waals surface area contributed by atoms with Gasteiger partial charge in [0.25, 0.3) is 5.91 Å². The normalized spacial score (nSPS) is 10.7. The minimum Gasteiger partial charge on any atom is -0.495 e. The fourth-order valence-electron chi connectivity index (χ4n) is 2.98. The Balaban J connectivity index is 1.65. The van der Waals surface area contributed by atoms with Gasteiger partial charge in [-0.05, 0) is 18.2 Å². The monoisotopic (exact) mass is 433 g/mol. The van der Waals surface area contributed by atoms with Crippen molar-refractivity contribution < 1.29 is 23.8 Å². The van der Waals surface area contributed by atoms with Crippen molar-refractivity contribution in [2.45, 2.75) is 6.54 Å². The summed E-state index contributed by atoms with van der Waals surface area (Å²) in [4.78, 5) is 36.8. The largest absolute Gasteiger partial charge is 0.495 e. The molecule has 0 aliphatic carbocycles. The van der Waals surface area contributed by atoms with Gasteiger partial charge in [-0.25, -0.2) is 4.79 Å². The van der Waals surface area contributed by atoms with Crippen LogP contribution in [0.3, 0.4) is 0 Å². The van der Waals surface area contributed by atoms with Crippen LogP contribution in [-0.4, -0.2) is 41.8 Å². The maximum absolute atomic E-state index is 12.4. The first-order valence-corrected chi connectivity index (χ1v) is 9.24. The molecule has 0 aliphatic heterocycles. The molecular formula is C20H20ClN3O6. The number of rotatable bonds is 7. The molecule has 0 atom stereocenters. The number of carbonyl (C=O) groups is 2. The van der Waals surface area contributed by atoms with E-state index in [9.17, 15) is 14.4 Å². The summed E-state index contributed by atoms with van der Waals surface area (Å²) in [5.74, 6) is -0.590. The van der Waals surface area contributed by atoms with E-state index in [-0.39, 0.29) is 17.3 Å². The molecule has 1 heterocycles. The summed E-state index contributed by atoms with van der Waals surface area (Å²) in [6, 6.07) is 10.1. The molecule has 2 aromatic carbocycles. The number of ether oxygens (including phenoxy) is 3. The fraction of sp³-hybridized carbons (Fsp3) is 0.250. The Morgan fingerprint density at radius 2 is 1.73 bits per heavy atom. The number of benzene rings is 2. The molecule has 9 nitrogen and oxygen atoms in total. The van der Waals surface area contributed by atoms with E-state index >= 15 is 0 Å². The summed E-state index contributed by atoms with van der Waals surface area (Å²) < 4.78 is 18.1. The Labute approximate surface area is 176 Å². The van der Waals surface area contributed by atoms with Crippen LogP contribution in [-0.2, 0) is 27.9 Å². The second kappa shape index (κ2) is 8.91. The van der Waals surface area contributed by atoms with Crippen molar-refractivity contribution in [1.82, 2.24) is 9.13 Å². The molecule has 30 heavy (non-hydrogen) atoms. The molecule has 0 aliphatic rings. The lowest BCUT2D eigenvalue weighted by Crippen LogP contribution is -2.28. The Kier molecular flexibility index (Phi) is 6.31. The summed E-state index contributed by atoms with van der Waals surface area (Å²) in [5, 5.41) is 2.84. The molecule has 3 aromatic rings. The molecule has 0 spiro atoms. The molecule has 0 fully saturated rings. The Morgan fingerprint density at radius 1 is 1.07 bits per heavy atom. The molecule has 0 saturated carbocycles. The number of halogens is 1. The molecule has 1 amide bonds. The first-order valence-electron chi connectivity index (χ1n) is 8.87. The van der Waals surface area contributed by atoms with Gasteiger partial charge in [0.2, 0.25) is 0 Å². The first-order chi connectivity index (χ1) is 14.3. The number of imidazole rings is 1. The smallest absolute Gasteiger partial charge is 0.329 e. The fourth-order valence-corrected chi connectivity index (χ4v) is 3.22. The summed E-state index contributed by atoms with van der Waals surface area (Å²) in [7, 11) is 4.51. The SMILES string of the molecule is COc1cc(OC)c(NC(=O)COC(=O)Cn2c(=O)n(C)c3ccccc32)cc1Cl. The number of aromatic nitrogens is 2. The third-order valence-corrected chi connectivity index (χ3v) is 4.75. The summed E-state index contributed by atoms with van der Waals surface area (Å²) in [6.07, 6.45) is 0. The van der Waals surface area contributed by atoms with Crippen molar-refractivity contribution in [3.05, 3.63) is 51.9 Å². The standard InChI is InChI=1S/C20H20ClN3O6/c1-23-14-6-4-5-7-15(14)24(20(23)27)10-19(26)30-11-18(25)22-13-8-12(21)16(28-2)9-17(13)29-3/h4-9H,10-11H2,1-3H3,(H,22,25). The topological polar surface area (TPSA) is 101 Å². The lowest BCUT2D eigenvalue weighted by Gasteiger charge is -2.13. The maximum Gasteiger partial charge on any atom is 0.329 e. The van der Waals surface area contributed by atoms with E-state index in [2.05, 4.69) is 5.32 Å². The van der Waals surface area contributed by atoms with Crippen LogP contribution in [0.1, 0.15) is 0 Å². The highest BCUT2D eigenvalue weighted by molar-refractivity contribution is 6.32. The average molecular weight is 434 g/mol. The van der Waals surface area contributed by atoms with Crippen LogP contribution in [0.15, 0.2) is 41.2 Å². The zero-order valence-corrected chi connectivity index (χ0v) is 17.4. The van der Waals surface area contributed by atoms with Gasteiger partial charge < -0.3 is 19.5 Å². The third-order valence-electron chi connectivity index (χ3n) is 4.45. The highest BCUT2D eigenvalue weighted by Gasteiger charge is 2.16. The zero-order chi connectivity index (χ0) is 21.8. The molecule has 1 N–H and O–H groups in total. The van der Waals surface area contributed by atoms with E-state index in [0.717, 1.165) is 0 Å². The number of para-hydroxylation sites is 2. The molecule has 0 unspecified atom stereocenters. The van der Waals surface area contributed by atoms with Gasteiger partial charge >= 0.3 is 11.7 Å². The quantitative estimate of drug-likeness (QED) is 0.573. The van der Waals surface area contributed by atoms with E-state index in [0.29, 0.717) is 28.2 Å². The second-order valence-corrected chi connectivity index (χ2v) is 6.72. The van der Waals surface area contributed by atoms with Crippen LogP contribution in [0.5, 0.6) is 11.5 Å². The lowest BCUT2D eigenvalue weighted by atomic mass is 10.2. The van der Waals surface area contributed by atoms with Crippen molar-refractivity contribution in [3.8, 4) is 11.5 Å². The number of hydrogen-bond acceptors (Lipinski definition) is 6. The van der Waals surface area contributed by atoms with Crippen LogP contribution >= 0.6 is 11.6 Å². The zero-order valence-electron chi connectivity index (χ0n) is 16.6. The van der Waals surface area contributed by atoms with E-state index in [1.165, 1.54) is 35.5 Å². The molecule has 0 bridgehead atoms. The number of carbonyl (C=O) groups excluding carboxylic acids is 2. The van der Waals surface area contributed by atoms with Gasteiger partial charge in [0.05, 0.1) is 36.0 Å². The maximum atomic E-state index is 12.4. The number of methoxy groups -OCH3 is 2. The summed E-state index contributed by atoms with van der Waals surface area (Å²) in [5.41, 5.74) is 1.24. The van der Waals surface area contributed by atoms with E-state index in [1.54, 1.807) is 31.3 Å². The van der Waals surface area contributed by atoms with Gasteiger partial charge in [-0.15, -0.1) is 0 Å². The van der Waals surface area contributed by atoms with Crippen molar-refractivity contribution >= 4 is 40.2 Å².